The molecule has 0 unspecified atom stereocenters. The molecular weight excluding hydrogens is 256 g/mol. The van der Waals surface area contributed by atoms with Gasteiger partial charge in [-0.25, -0.2) is 4.98 Å². The lowest BCUT2D eigenvalue weighted by molar-refractivity contribution is 0.407. The van der Waals surface area contributed by atoms with E-state index >= 15 is 0 Å². The number of thiazole rings is 1. The summed E-state index contributed by atoms with van der Waals surface area (Å²) >= 11 is 1.69. The van der Waals surface area contributed by atoms with Crippen molar-refractivity contribution < 1.29 is 4.74 Å². The van der Waals surface area contributed by atoms with Gasteiger partial charge < -0.3 is 10.5 Å². The van der Waals surface area contributed by atoms with Crippen LogP contribution in [0.2, 0.25) is 0 Å². The number of nitrogens with two attached hydrogens (primary N) is 1. The molecule has 0 amide bonds. The first-order valence-electron chi connectivity index (χ1n) is 6.41. The molecule has 0 atom stereocenters. The number of aryl methyl sites for hydroxylation is 2. The Morgan fingerprint density at radius 2 is 2.11 bits per heavy atom. The highest BCUT2D eigenvalue weighted by atomic mass is 32.1. The predicted molar refractivity (Wildman–Crippen MR) is 80.1 cm³/mol. The molecule has 4 heteroatoms. The number of methoxy groups -OCH3 is 1. The molecule has 0 bridgehead atoms. The van der Waals surface area contributed by atoms with Crippen molar-refractivity contribution in [2.75, 3.05) is 13.7 Å². The van der Waals surface area contributed by atoms with E-state index in [0.29, 0.717) is 6.54 Å². The van der Waals surface area contributed by atoms with Crippen molar-refractivity contribution in [2.24, 2.45) is 5.73 Å². The summed E-state index contributed by atoms with van der Waals surface area (Å²) in [4.78, 5) is 4.61. The molecule has 0 saturated carbocycles. The van der Waals surface area contributed by atoms with Crippen molar-refractivity contribution in [3.8, 4) is 5.75 Å². The van der Waals surface area contributed by atoms with Gasteiger partial charge in [-0.1, -0.05) is 17.7 Å². The van der Waals surface area contributed by atoms with Crippen LogP contribution in [0.5, 0.6) is 5.75 Å². The molecule has 0 aliphatic carbocycles. The predicted octanol–water partition coefficient (Wildman–Crippen LogP) is 2.86. The summed E-state index contributed by atoms with van der Waals surface area (Å²) < 4.78 is 5.51. The molecule has 3 nitrogen and oxygen atoms in total. The van der Waals surface area contributed by atoms with Crippen molar-refractivity contribution in [3.05, 3.63) is 44.9 Å². The summed E-state index contributed by atoms with van der Waals surface area (Å²) in [5, 5.41) is 3.21. The van der Waals surface area contributed by atoms with E-state index in [2.05, 4.69) is 36.3 Å². The third-order valence-corrected chi connectivity index (χ3v) is 3.94. The number of hydrogen-bond acceptors (Lipinski definition) is 4. The number of aromatic nitrogens is 1. The highest BCUT2D eigenvalue weighted by Gasteiger charge is 2.10. The average molecular weight is 276 g/mol. The van der Waals surface area contributed by atoms with Crippen LogP contribution in [0, 0.1) is 13.8 Å². The first-order valence-corrected chi connectivity index (χ1v) is 7.29. The van der Waals surface area contributed by atoms with Gasteiger partial charge in [0.1, 0.15) is 5.75 Å². The van der Waals surface area contributed by atoms with Crippen LogP contribution in [-0.2, 0) is 12.8 Å². The monoisotopic (exact) mass is 276 g/mol. The second-order valence-corrected chi connectivity index (χ2v) is 5.66. The number of rotatable bonds is 5. The van der Waals surface area contributed by atoms with E-state index in [1.807, 2.05) is 0 Å². The number of nitrogens with zero attached hydrogens (tertiary/aromatic N) is 1. The van der Waals surface area contributed by atoms with Crippen molar-refractivity contribution in [2.45, 2.75) is 26.7 Å². The van der Waals surface area contributed by atoms with Crippen LogP contribution >= 0.6 is 11.3 Å². The minimum absolute atomic E-state index is 0.649. The average Bonchev–Trinajstić information content (AvgIpc) is 2.76. The van der Waals surface area contributed by atoms with Gasteiger partial charge in [-0.2, -0.15) is 0 Å². The Morgan fingerprint density at radius 3 is 2.79 bits per heavy atom. The van der Waals surface area contributed by atoms with Crippen LogP contribution in [0.1, 0.15) is 27.4 Å². The number of hydrogen-bond donors (Lipinski definition) is 1. The molecule has 102 valence electrons. The Kier molecular flexibility index (Phi) is 4.56. The standard InChI is InChI=1S/C15H20N2OS/c1-10-6-11(2)15(18-3)12(7-10)8-14-17-13(4-5-16)9-19-14/h6-7,9H,4-5,8,16H2,1-3H3. The molecule has 0 radical (unpaired) electrons. The van der Waals surface area contributed by atoms with Gasteiger partial charge in [-0.05, 0) is 26.0 Å². The molecule has 1 heterocycles. The first-order chi connectivity index (χ1) is 9.13. The summed E-state index contributed by atoms with van der Waals surface area (Å²) in [6.45, 7) is 4.84. The molecule has 0 fully saturated rings. The molecule has 0 aliphatic heterocycles. The molecule has 1 aromatic heterocycles. The number of benzene rings is 1. The molecule has 1 aromatic carbocycles. The minimum Gasteiger partial charge on any atom is -0.496 e. The topological polar surface area (TPSA) is 48.1 Å². The van der Waals surface area contributed by atoms with Gasteiger partial charge in [0.25, 0.3) is 0 Å². The summed E-state index contributed by atoms with van der Waals surface area (Å²) in [7, 11) is 1.73. The van der Waals surface area contributed by atoms with Crippen molar-refractivity contribution >= 4 is 11.3 Å². The molecule has 0 saturated heterocycles. The first kappa shape index (κ1) is 14.0. The molecule has 0 aliphatic rings. The maximum Gasteiger partial charge on any atom is 0.125 e. The summed E-state index contributed by atoms with van der Waals surface area (Å²) in [6.07, 6.45) is 1.67. The fraction of sp³-hybridized carbons (Fsp3) is 0.400. The van der Waals surface area contributed by atoms with Crippen LogP contribution in [0.25, 0.3) is 0 Å². The van der Waals surface area contributed by atoms with E-state index in [0.717, 1.165) is 29.3 Å². The highest BCUT2D eigenvalue weighted by Crippen LogP contribution is 2.28. The van der Waals surface area contributed by atoms with E-state index in [4.69, 9.17) is 10.5 Å². The van der Waals surface area contributed by atoms with Crippen LogP contribution in [0.4, 0.5) is 0 Å². The van der Waals surface area contributed by atoms with Gasteiger partial charge in [-0.3, -0.25) is 0 Å². The van der Waals surface area contributed by atoms with E-state index in [1.54, 1.807) is 18.4 Å². The lowest BCUT2D eigenvalue weighted by Crippen LogP contribution is -2.03. The smallest absolute Gasteiger partial charge is 0.125 e. The zero-order valence-corrected chi connectivity index (χ0v) is 12.5. The molecule has 19 heavy (non-hydrogen) atoms. The van der Waals surface area contributed by atoms with Gasteiger partial charge >= 0.3 is 0 Å². The summed E-state index contributed by atoms with van der Waals surface area (Å²) in [5.41, 5.74) is 10.3. The van der Waals surface area contributed by atoms with Gasteiger partial charge in [-0.15, -0.1) is 11.3 Å². The molecule has 2 aromatic rings. The fourth-order valence-corrected chi connectivity index (χ4v) is 3.17. The normalized spacial score (nSPS) is 10.7. The van der Waals surface area contributed by atoms with Crippen molar-refractivity contribution in [1.29, 1.82) is 0 Å². The Balaban J connectivity index is 2.26. The van der Waals surface area contributed by atoms with Crippen LogP contribution in [0.15, 0.2) is 17.5 Å². The zero-order chi connectivity index (χ0) is 13.8. The lowest BCUT2D eigenvalue weighted by atomic mass is 10.0. The maximum absolute atomic E-state index is 5.55. The molecular formula is C15H20N2OS. The van der Waals surface area contributed by atoms with E-state index in [9.17, 15) is 0 Å². The van der Waals surface area contributed by atoms with Gasteiger partial charge in [0.15, 0.2) is 0 Å². The quantitative estimate of drug-likeness (QED) is 0.913. The largest absolute Gasteiger partial charge is 0.496 e. The Hall–Kier alpha value is -1.39. The van der Waals surface area contributed by atoms with E-state index < -0.39 is 0 Å². The molecule has 0 spiro atoms. The van der Waals surface area contributed by atoms with Gasteiger partial charge in [0.2, 0.25) is 0 Å². The maximum atomic E-state index is 5.55. The van der Waals surface area contributed by atoms with Crippen LogP contribution in [0.3, 0.4) is 0 Å². The summed E-state index contributed by atoms with van der Waals surface area (Å²) in [5.74, 6) is 0.973. The summed E-state index contributed by atoms with van der Waals surface area (Å²) in [6, 6.07) is 4.32. The minimum atomic E-state index is 0.649. The van der Waals surface area contributed by atoms with Crippen LogP contribution in [-0.4, -0.2) is 18.6 Å². The number of ether oxygens (including phenoxy) is 1. The van der Waals surface area contributed by atoms with Gasteiger partial charge in [0.05, 0.1) is 17.8 Å². The Bertz CT molecular complexity index is 563. The van der Waals surface area contributed by atoms with Crippen molar-refractivity contribution in [1.82, 2.24) is 4.98 Å². The Morgan fingerprint density at radius 1 is 1.32 bits per heavy atom. The van der Waals surface area contributed by atoms with Gasteiger partial charge in [0, 0.05) is 23.8 Å². The fourth-order valence-electron chi connectivity index (χ4n) is 2.32. The second kappa shape index (κ2) is 6.17. The van der Waals surface area contributed by atoms with E-state index in [1.165, 1.54) is 16.7 Å². The van der Waals surface area contributed by atoms with Crippen molar-refractivity contribution in [3.63, 3.8) is 0 Å². The second-order valence-electron chi connectivity index (χ2n) is 4.72. The van der Waals surface area contributed by atoms with E-state index in [-0.39, 0.29) is 0 Å². The molecule has 2 N–H and O–H groups in total. The highest BCUT2D eigenvalue weighted by molar-refractivity contribution is 7.09. The Labute approximate surface area is 118 Å². The zero-order valence-electron chi connectivity index (χ0n) is 11.7. The molecule has 2 rings (SSSR count). The van der Waals surface area contributed by atoms with Crippen LogP contribution < -0.4 is 10.5 Å². The third-order valence-electron chi connectivity index (χ3n) is 3.04. The lowest BCUT2D eigenvalue weighted by Gasteiger charge is -2.11. The SMILES string of the molecule is COc1c(C)cc(C)cc1Cc1nc(CCN)cs1. The third kappa shape index (κ3) is 3.33.